The third-order valence-corrected chi connectivity index (χ3v) is 3.03. The van der Waals surface area contributed by atoms with Gasteiger partial charge in [-0.1, -0.05) is 0 Å². The van der Waals surface area contributed by atoms with Crippen molar-refractivity contribution in [3.8, 4) is 0 Å². The number of hydrogen-bond donors (Lipinski definition) is 2. The second-order valence-electron chi connectivity index (χ2n) is 5.01. The van der Waals surface area contributed by atoms with Crippen LogP contribution in [0.1, 0.15) is 12.8 Å². The number of hydrogen-bond acceptors (Lipinski definition) is 4. The van der Waals surface area contributed by atoms with Gasteiger partial charge in [0.2, 0.25) is 11.8 Å². The summed E-state index contributed by atoms with van der Waals surface area (Å²) in [5, 5.41) is 10.8. The molecule has 1 rings (SSSR count). The number of carbonyl (C=O) groups is 3. The van der Waals surface area contributed by atoms with Crippen molar-refractivity contribution in [3.63, 3.8) is 0 Å². The molecular formula is C12H21N3O4. The maximum absolute atomic E-state index is 11.7. The van der Waals surface area contributed by atoms with Gasteiger partial charge in [-0.3, -0.25) is 14.4 Å². The lowest BCUT2D eigenvalue weighted by Crippen LogP contribution is -2.36. The Kier molecular flexibility index (Phi) is 5.75. The highest BCUT2D eigenvalue weighted by atomic mass is 16.4. The first-order valence-corrected chi connectivity index (χ1v) is 6.32. The van der Waals surface area contributed by atoms with Crippen LogP contribution in [0.5, 0.6) is 0 Å². The van der Waals surface area contributed by atoms with Crippen molar-refractivity contribution in [2.75, 3.05) is 40.3 Å². The van der Waals surface area contributed by atoms with Gasteiger partial charge in [0.25, 0.3) is 0 Å². The van der Waals surface area contributed by atoms with Crippen LogP contribution in [0.4, 0.5) is 0 Å². The Hall–Kier alpha value is -1.63. The maximum atomic E-state index is 11.7. The molecule has 1 atom stereocenters. The average molecular weight is 271 g/mol. The van der Waals surface area contributed by atoms with Crippen molar-refractivity contribution in [2.24, 2.45) is 5.92 Å². The minimum Gasteiger partial charge on any atom is -0.480 e. The van der Waals surface area contributed by atoms with Crippen molar-refractivity contribution >= 4 is 17.8 Å². The molecule has 0 aliphatic carbocycles. The van der Waals surface area contributed by atoms with E-state index in [-0.39, 0.29) is 18.2 Å². The minimum atomic E-state index is -1.08. The fraction of sp³-hybridized carbons (Fsp3) is 0.750. The molecule has 7 nitrogen and oxygen atoms in total. The van der Waals surface area contributed by atoms with Gasteiger partial charge in [0.1, 0.15) is 6.54 Å². The molecule has 0 radical (unpaired) electrons. The SMILES string of the molecule is CN(C)CCCN1CC(C(=O)NCC(=O)O)CC1=O. The first-order valence-electron chi connectivity index (χ1n) is 6.32. The van der Waals surface area contributed by atoms with Crippen LogP contribution in [0.25, 0.3) is 0 Å². The Morgan fingerprint density at radius 1 is 1.47 bits per heavy atom. The van der Waals surface area contributed by atoms with Crippen molar-refractivity contribution in [1.82, 2.24) is 15.1 Å². The molecule has 0 bridgehead atoms. The molecule has 1 saturated heterocycles. The number of aliphatic carboxylic acids is 1. The highest BCUT2D eigenvalue weighted by Crippen LogP contribution is 2.18. The fourth-order valence-corrected chi connectivity index (χ4v) is 2.05. The first kappa shape index (κ1) is 15.4. The van der Waals surface area contributed by atoms with Crippen molar-refractivity contribution in [3.05, 3.63) is 0 Å². The fourth-order valence-electron chi connectivity index (χ4n) is 2.05. The molecule has 0 spiro atoms. The number of carboxylic acid groups (broad SMARTS) is 1. The molecule has 108 valence electrons. The lowest BCUT2D eigenvalue weighted by atomic mass is 10.1. The molecule has 1 heterocycles. The van der Waals surface area contributed by atoms with Crippen LogP contribution in [0.15, 0.2) is 0 Å². The van der Waals surface area contributed by atoms with Crippen molar-refractivity contribution < 1.29 is 19.5 Å². The Balaban J connectivity index is 2.35. The van der Waals surface area contributed by atoms with E-state index in [1.54, 1.807) is 4.90 Å². The van der Waals surface area contributed by atoms with E-state index in [1.807, 2.05) is 19.0 Å². The largest absolute Gasteiger partial charge is 0.480 e. The Labute approximate surface area is 112 Å². The predicted molar refractivity (Wildman–Crippen MR) is 68.5 cm³/mol. The number of rotatable bonds is 7. The van der Waals surface area contributed by atoms with E-state index in [2.05, 4.69) is 5.32 Å². The summed E-state index contributed by atoms with van der Waals surface area (Å²) in [6, 6.07) is 0. The van der Waals surface area contributed by atoms with Gasteiger partial charge in [-0.25, -0.2) is 0 Å². The lowest BCUT2D eigenvalue weighted by Gasteiger charge is -2.17. The second-order valence-corrected chi connectivity index (χ2v) is 5.01. The van der Waals surface area contributed by atoms with Crippen LogP contribution in [-0.2, 0) is 14.4 Å². The summed E-state index contributed by atoms with van der Waals surface area (Å²) in [4.78, 5) is 37.5. The van der Waals surface area contributed by atoms with Crippen LogP contribution in [0.2, 0.25) is 0 Å². The smallest absolute Gasteiger partial charge is 0.322 e. The summed E-state index contributed by atoms with van der Waals surface area (Å²) in [6.45, 7) is 1.52. The van der Waals surface area contributed by atoms with E-state index in [4.69, 9.17) is 5.11 Å². The van der Waals surface area contributed by atoms with Crippen LogP contribution < -0.4 is 5.32 Å². The zero-order valence-electron chi connectivity index (χ0n) is 11.4. The summed E-state index contributed by atoms with van der Waals surface area (Å²) >= 11 is 0. The van der Waals surface area contributed by atoms with E-state index in [9.17, 15) is 14.4 Å². The molecule has 1 aliphatic rings. The van der Waals surface area contributed by atoms with E-state index >= 15 is 0 Å². The number of nitrogens with one attached hydrogen (secondary N) is 1. The van der Waals surface area contributed by atoms with Crippen LogP contribution in [0.3, 0.4) is 0 Å². The molecule has 0 saturated carbocycles. The van der Waals surface area contributed by atoms with Gasteiger partial charge in [0, 0.05) is 19.5 Å². The quantitative estimate of drug-likeness (QED) is 0.619. The van der Waals surface area contributed by atoms with Crippen molar-refractivity contribution in [1.29, 1.82) is 0 Å². The Morgan fingerprint density at radius 2 is 2.16 bits per heavy atom. The molecule has 19 heavy (non-hydrogen) atoms. The Morgan fingerprint density at radius 3 is 2.74 bits per heavy atom. The van der Waals surface area contributed by atoms with Gasteiger partial charge in [-0.2, -0.15) is 0 Å². The lowest BCUT2D eigenvalue weighted by molar-refractivity contribution is -0.138. The molecule has 0 aromatic heterocycles. The summed E-state index contributed by atoms with van der Waals surface area (Å²) in [6.07, 6.45) is 1.04. The van der Waals surface area contributed by atoms with Gasteiger partial charge in [-0.05, 0) is 27.1 Å². The van der Waals surface area contributed by atoms with Gasteiger partial charge in [0.15, 0.2) is 0 Å². The maximum Gasteiger partial charge on any atom is 0.322 e. The summed E-state index contributed by atoms with van der Waals surface area (Å²) in [5.74, 6) is -1.90. The zero-order chi connectivity index (χ0) is 14.4. The molecule has 0 aromatic rings. The number of likely N-dealkylation sites (tertiary alicyclic amines) is 1. The number of carboxylic acids is 1. The topological polar surface area (TPSA) is 89.9 Å². The molecule has 0 aromatic carbocycles. The van der Waals surface area contributed by atoms with Crippen molar-refractivity contribution in [2.45, 2.75) is 12.8 Å². The molecule has 2 amide bonds. The van der Waals surface area contributed by atoms with Crippen LogP contribution >= 0.6 is 0 Å². The van der Waals surface area contributed by atoms with Crippen LogP contribution in [0, 0.1) is 5.92 Å². The summed E-state index contributed by atoms with van der Waals surface area (Å²) in [5.41, 5.74) is 0. The minimum absolute atomic E-state index is 0.0331. The number of nitrogens with zero attached hydrogens (tertiary/aromatic N) is 2. The standard InChI is InChI=1S/C12H21N3O4/c1-14(2)4-3-5-15-8-9(6-10(15)16)12(19)13-7-11(17)18/h9H,3-8H2,1-2H3,(H,13,19)(H,17,18). The predicted octanol–water partition coefficient (Wildman–Crippen LogP) is -1.01. The van der Waals surface area contributed by atoms with E-state index in [1.165, 1.54) is 0 Å². The molecule has 1 aliphatic heterocycles. The Bertz CT molecular complexity index is 357. The van der Waals surface area contributed by atoms with Gasteiger partial charge < -0.3 is 20.2 Å². The highest BCUT2D eigenvalue weighted by Gasteiger charge is 2.33. The van der Waals surface area contributed by atoms with E-state index in [0.717, 1.165) is 13.0 Å². The normalized spacial score (nSPS) is 19.0. The molecule has 7 heteroatoms. The summed E-state index contributed by atoms with van der Waals surface area (Å²) in [7, 11) is 3.93. The zero-order valence-corrected chi connectivity index (χ0v) is 11.4. The third kappa shape index (κ3) is 5.25. The van der Waals surface area contributed by atoms with Gasteiger partial charge >= 0.3 is 5.97 Å². The van der Waals surface area contributed by atoms with Gasteiger partial charge in [-0.15, -0.1) is 0 Å². The third-order valence-electron chi connectivity index (χ3n) is 3.03. The highest BCUT2D eigenvalue weighted by molar-refractivity contribution is 5.90. The molecule has 1 unspecified atom stereocenters. The molecular weight excluding hydrogens is 250 g/mol. The average Bonchev–Trinajstić information content (AvgIpc) is 2.67. The number of carbonyl (C=O) groups excluding carboxylic acids is 2. The molecule has 2 N–H and O–H groups in total. The van der Waals surface area contributed by atoms with Gasteiger partial charge in [0.05, 0.1) is 5.92 Å². The molecule has 1 fully saturated rings. The summed E-state index contributed by atoms with van der Waals surface area (Å²) < 4.78 is 0. The number of amides is 2. The monoisotopic (exact) mass is 271 g/mol. The van der Waals surface area contributed by atoms with E-state index in [0.29, 0.717) is 13.1 Å². The van der Waals surface area contributed by atoms with Crippen LogP contribution in [-0.4, -0.2) is 73.0 Å². The first-order chi connectivity index (χ1) is 8.90. The van der Waals surface area contributed by atoms with E-state index < -0.39 is 18.4 Å². The second kappa shape index (κ2) is 7.08.